The van der Waals surface area contributed by atoms with E-state index in [1.807, 2.05) is 30.3 Å². The highest BCUT2D eigenvalue weighted by Gasteiger charge is 2.29. The van der Waals surface area contributed by atoms with Crippen molar-refractivity contribution in [3.05, 3.63) is 76.8 Å². The van der Waals surface area contributed by atoms with Crippen LogP contribution in [0.15, 0.2) is 49.1 Å². The van der Waals surface area contributed by atoms with Gasteiger partial charge < -0.3 is 10.3 Å². The molecule has 10 nitrogen and oxygen atoms in total. The van der Waals surface area contributed by atoms with Crippen molar-refractivity contribution in [3.63, 3.8) is 0 Å². The lowest BCUT2D eigenvalue weighted by Gasteiger charge is -2.09. The van der Waals surface area contributed by atoms with Crippen molar-refractivity contribution in [2.24, 2.45) is 5.92 Å². The van der Waals surface area contributed by atoms with Crippen molar-refractivity contribution in [2.45, 2.75) is 50.9 Å². The predicted octanol–water partition coefficient (Wildman–Crippen LogP) is 3.11. The Hall–Kier alpha value is -3.86. The number of amides is 1. The summed E-state index contributed by atoms with van der Waals surface area (Å²) in [6.07, 6.45) is 9.62. The van der Waals surface area contributed by atoms with Crippen LogP contribution in [0.5, 0.6) is 0 Å². The van der Waals surface area contributed by atoms with Gasteiger partial charge in [0.25, 0.3) is 0 Å². The summed E-state index contributed by atoms with van der Waals surface area (Å²) in [5.74, 6) is 0.750. The van der Waals surface area contributed by atoms with Gasteiger partial charge in [-0.15, -0.1) is 10.2 Å². The van der Waals surface area contributed by atoms with E-state index in [2.05, 4.69) is 40.7 Å². The van der Waals surface area contributed by atoms with Gasteiger partial charge in [0.1, 0.15) is 10.8 Å². The summed E-state index contributed by atoms with van der Waals surface area (Å²) in [5.41, 5.74) is 3.13. The van der Waals surface area contributed by atoms with Gasteiger partial charge in [0, 0.05) is 36.1 Å². The maximum atomic E-state index is 12.3. The molecule has 4 aromatic rings. The molecule has 184 valence electrons. The molecule has 0 unspecified atom stereocenters. The zero-order valence-electron chi connectivity index (χ0n) is 19.6. The third-order valence-electron chi connectivity index (χ3n) is 6.24. The van der Waals surface area contributed by atoms with Crippen molar-refractivity contribution in [1.82, 2.24) is 35.3 Å². The lowest BCUT2D eigenvalue weighted by molar-refractivity contribution is -0.118. The number of anilines is 1. The molecule has 0 spiro atoms. The summed E-state index contributed by atoms with van der Waals surface area (Å²) in [4.78, 5) is 35.5. The molecule has 4 heterocycles. The molecule has 0 aromatic carbocycles. The smallest absolute Gasteiger partial charge is 0.232 e. The van der Waals surface area contributed by atoms with Crippen LogP contribution in [-0.4, -0.2) is 47.0 Å². The van der Waals surface area contributed by atoms with E-state index < -0.39 is 0 Å². The minimum Gasteiger partial charge on any atom is -0.348 e. The van der Waals surface area contributed by atoms with Gasteiger partial charge in [-0.25, -0.2) is 4.98 Å². The molecular weight excluding hydrogens is 476 g/mol. The lowest BCUT2D eigenvalue weighted by atomic mass is 9.99. The van der Waals surface area contributed by atoms with E-state index in [1.54, 1.807) is 18.7 Å². The Kier molecular flexibility index (Phi) is 7.46. The Bertz CT molecular complexity index is 1290. The Morgan fingerprint density at radius 2 is 1.83 bits per heavy atom. The predicted molar refractivity (Wildman–Crippen MR) is 133 cm³/mol. The maximum absolute atomic E-state index is 12.3. The molecule has 0 radical (unpaired) electrons. The molecule has 0 bridgehead atoms. The summed E-state index contributed by atoms with van der Waals surface area (Å²) in [5, 5.41) is 21.4. The molecule has 11 heteroatoms. The zero-order valence-corrected chi connectivity index (χ0v) is 20.4. The average molecular weight is 503 g/mol. The molecule has 0 aliphatic heterocycles. The number of nitrogens with one attached hydrogen (secondary N) is 2. The summed E-state index contributed by atoms with van der Waals surface area (Å²) in [6.45, 7) is 0. The van der Waals surface area contributed by atoms with Gasteiger partial charge in [0.2, 0.25) is 11.0 Å². The highest BCUT2D eigenvalue weighted by atomic mass is 32.1. The van der Waals surface area contributed by atoms with Crippen LogP contribution in [0.4, 0.5) is 5.13 Å². The van der Waals surface area contributed by atoms with E-state index in [0.29, 0.717) is 29.1 Å². The fourth-order valence-corrected chi connectivity index (χ4v) is 5.42. The molecule has 0 saturated heterocycles. The van der Waals surface area contributed by atoms with Crippen molar-refractivity contribution in [2.75, 3.05) is 5.32 Å². The molecule has 1 saturated carbocycles. The first kappa shape index (κ1) is 23.9. The lowest BCUT2D eigenvalue weighted by Crippen LogP contribution is -2.14. The fourth-order valence-electron chi connectivity index (χ4n) is 4.51. The van der Waals surface area contributed by atoms with Gasteiger partial charge in [-0.1, -0.05) is 17.4 Å². The van der Waals surface area contributed by atoms with Gasteiger partial charge in [-0.3, -0.25) is 14.6 Å². The Labute approximate surface area is 212 Å². The number of imidazole rings is 1. The molecule has 1 aliphatic carbocycles. The second-order valence-electron chi connectivity index (χ2n) is 9.06. The zero-order chi connectivity index (χ0) is 24.7. The molecule has 1 amide bonds. The van der Waals surface area contributed by atoms with Gasteiger partial charge in [-0.05, 0) is 55.9 Å². The fraction of sp³-hybridized carbons (Fsp3) is 0.360. The van der Waals surface area contributed by atoms with Crippen LogP contribution in [-0.2, 0) is 35.3 Å². The number of aromatic amines is 1. The maximum Gasteiger partial charge on any atom is 0.232 e. The molecule has 1 fully saturated rings. The van der Waals surface area contributed by atoms with Crippen molar-refractivity contribution < 1.29 is 9.59 Å². The van der Waals surface area contributed by atoms with E-state index in [9.17, 15) is 9.59 Å². The number of pyridine rings is 1. The van der Waals surface area contributed by atoms with E-state index in [4.69, 9.17) is 0 Å². The Morgan fingerprint density at radius 3 is 2.61 bits per heavy atom. The standard InChI is InChI=1S/C25H26N8O2S/c34-22(11-18-3-1-2-8-27-18)12-20-7-6-19(30-31-20)10-16-4-5-17(9-16)24-32-33-25(36-24)29-23(35)13-21-14-26-15-28-21/h1-3,6-8,14-17H,4-5,9-13H2,(H,26,28)(H,29,33,35)/t16-,17+/m1/s1. The SMILES string of the molecule is O=C(Cc1ccccn1)Cc1ccc(C[C@@H]2CC[C@H](c3nnc(NC(=O)Cc4cnc[nH]4)s3)C2)nn1. The number of aromatic nitrogens is 7. The monoisotopic (exact) mass is 502 g/mol. The molecule has 36 heavy (non-hydrogen) atoms. The van der Waals surface area contributed by atoms with Crippen molar-refractivity contribution in [1.29, 1.82) is 0 Å². The number of hydrogen-bond acceptors (Lipinski definition) is 9. The van der Waals surface area contributed by atoms with E-state index in [-0.39, 0.29) is 24.5 Å². The minimum absolute atomic E-state index is 0.0725. The van der Waals surface area contributed by atoms with E-state index >= 15 is 0 Å². The van der Waals surface area contributed by atoms with Crippen LogP contribution >= 0.6 is 11.3 Å². The van der Waals surface area contributed by atoms with E-state index in [0.717, 1.165) is 47.8 Å². The van der Waals surface area contributed by atoms with Gasteiger partial charge in [-0.2, -0.15) is 10.2 Å². The molecule has 1 aliphatic rings. The number of hydrogen-bond donors (Lipinski definition) is 2. The quantitative estimate of drug-likeness (QED) is 0.337. The Balaban J connectivity index is 1.08. The van der Waals surface area contributed by atoms with Crippen LogP contribution in [0.3, 0.4) is 0 Å². The van der Waals surface area contributed by atoms with Crippen LogP contribution in [0, 0.1) is 5.92 Å². The first-order valence-corrected chi connectivity index (χ1v) is 12.8. The second-order valence-corrected chi connectivity index (χ2v) is 10.1. The number of carbonyl (C=O) groups excluding carboxylic acids is 2. The molecule has 2 atom stereocenters. The highest BCUT2D eigenvalue weighted by Crippen LogP contribution is 2.41. The number of ketones is 1. The average Bonchev–Trinajstić information content (AvgIpc) is 3.64. The number of nitrogens with zero attached hydrogens (tertiary/aromatic N) is 6. The third-order valence-corrected chi connectivity index (χ3v) is 7.24. The third kappa shape index (κ3) is 6.42. The summed E-state index contributed by atoms with van der Waals surface area (Å²) >= 11 is 1.44. The Morgan fingerprint density at radius 1 is 0.972 bits per heavy atom. The van der Waals surface area contributed by atoms with Crippen LogP contribution in [0.2, 0.25) is 0 Å². The molecule has 2 N–H and O–H groups in total. The number of rotatable bonds is 10. The number of carbonyl (C=O) groups is 2. The summed E-state index contributed by atoms with van der Waals surface area (Å²) < 4.78 is 0. The van der Waals surface area contributed by atoms with Crippen LogP contribution < -0.4 is 5.32 Å². The number of Topliss-reactive ketones (excluding diaryl/α,β-unsaturated/α-hetero) is 1. The molecule has 4 aromatic heterocycles. The topological polar surface area (TPSA) is 139 Å². The second kappa shape index (κ2) is 11.3. The van der Waals surface area contributed by atoms with Crippen molar-refractivity contribution in [3.8, 4) is 0 Å². The highest BCUT2D eigenvalue weighted by molar-refractivity contribution is 7.15. The minimum atomic E-state index is -0.147. The first-order chi connectivity index (χ1) is 17.6. The van der Waals surface area contributed by atoms with Gasteiger partial charge in [0.05, 0.1) is 30.6 Å². The van der Waals surface area contributed by atoms with Gasteiger partial charge >= 0.3 is 0 Å². The van der Waals surface area contributed by atoms with E-state index in [1.165, 1.54) is 11.3 Å². The summed E-state index contributed by atoms with van der Waals surface area (Å²) in [7, 11) is 0. The molecule has 5 rings (SSSR count). The van der Waals surface area contributed by atoms with Crippen molar-refractivity contribution >= 4 is 28.2 Å². The van der Waals surface area contributed by atoms with Gasteiger partial charge in [0.15, 0.2) is 0 Å². The normalized spacial score (nSPS) is 17.2. The van der Waals surface area contributed by atoms with Crippen LogP contribution in [0.1, 0.15) is 53.0 Å². The summed E-state index contributed by atoms with van der Waals surface area (Å²) in [6, 6.07) is 9.43. The largest absolute Gasteiger partial charge is 0.348 e. The van der Waals surface area contributed by atoms with Crippen LogP contribution in [0.25, 0.3) is 0 Å². The first-order valence-electron chi connectivity index (χ1n) is 11.9. The molecular formula is C25H26N8O2S. The number of H-pyrrole nitrogens is 1.